The summed E-state index contributed by atoms with van der Waals surface area (Å²) >= 11 is 0. The summed E-state index contributed by atoms with van der Waals surface area (Å²) in [6.07, 6.45) is 5.45. The number of carbonyl (C=O) groups is 1. The highest BCUT2D eigenvalue weighted by Crippen LogP contribution is 2.28. The fourth-order valence-electron chi connectivity index (χ4n) is 3.44. The van der Waals surface area contributed by atoms with Crippen molar-refractivity contribution in [3.63, 3.8) is 0 Å². The average molecular weight is 481 g/mol. The van der Waals surface area contributed by atoms with E-state index in [4.69, 9.17) is 0 Å². The number of anilines is 1. The molecule has 0 aliphatic rings. The molecule has 11 nitrogen and oxygen atoms in total. The molecule has 2 N–H and O–H groups in total. The lowest BCUT2D eigenvalue weighted by Crippen LogP contribution is -2.33. The lowest BCUT2D eigenvalue weighted by molar-refractivity contribution is -0.138. The predicted molar refractivity (Wildman–Crippen MR) is 124 cm³/mol. The molecule has 1 atom stereocenters. The summed E-state index contributed by atoms with van der Waals surface area (Å²) in [4.78, 5) is 32.3. The van der Waals surface area contributed by atoms with E-state index in [9.17, 15) is 23.1 Å². The van der Waals surface area contributed by atoms with Crippen molar-refractivity contribution in [3.05, 3.63) is 71.5 Å². The summed E-state index contributed by atoms with van der Waals surface area (Å²) in [6.45, 7) is -0.0335. The fraction of sp³-hybridized carbons (Fsp3) is 0.182. The zero-order valence-electron chi connectivity index (χ0n) is 18.0. The second-order valence-electron chi connectivity index (χ2n) is 7.57. The summed E-state index contributed by atoms with van der Waals surface area (Å²) < 4.78 is 26.0. The molecule has 2 aromatic heterocycles. The number of aliphatic carboxylic acids is 1. The van der Waals surface area contributed by atoms with Crippen LogP contribution in [0.1, 0.15) is 6.42 Å². The maximum absolute atomic E-state index is 12.6. The highest BCUT2D eigenvalue weighted by atomic mass is 32.2. The van der Waals surface area contributed by atoms with Gasteiger partial charge in [-0.25, -0.2) is 27.9 Å². The fourth-order valence-corrected chi connectivity index (χ4v) is 4.31. The molecule has 0 saturated heterocycles. The van der Waals surface area contributed by atoms with Crippen LogP contribution in [0, 0.1) is 0 Å². The van der Waals surface area contributed by atoms with Gasteiger partial charge in [0.05, 0.1) is 16.0 Å². The standard InChI is InChI=1S/C22H20N6O5S/c1-34(32,33)20-10-14(15-11-23-13-24-12-15)6-7-18(20)25-19(22(30)31)8-9-28-21(29)16-4-2-3-5-17(16)26-27-28/h2-7,10-13,19,25H,8-9H2,1H3,(H,30,31)/t19-/m1/s1. The third-order valence-corrected chi connectivity index (χ3v) is 6.30. The normalized spacial score (nSPS) is 12.4. The van der Waals surface area contributed by atoms with Crippen LogP contribution in [0.3, 0.4) is 0 Å². The molecule has 0 bridgehead atoms. The summed E-state index contributed by atoms with van der Waals surface area (Å²) in [5.41, 5.74) is 1.37. The van der Waals surface area contributed by atoms with Crippen LogP contribution in [0.4, 0.5) is 5.69 Å². The first-order chi connectivity index (χ1) is 16.2. The van der Waals surface area contributed by atoms with Crippen molar-refractivity contribution >= 4 is 32.4 Å². The van der Waals surface area contributed by atoms with E-state index in [2.05, 4.69) is 25.6 Å². The van der Waals surface area contributed by atoms with Crippen LogP contribution >= 0.6 is 0 Å². The van der Waals surface area contributed by atoms with Gasteiger partial charge < -0.3 is 10.4 Å². The average Bonchev–Trinajstić information content (AvgIpc) is 2.83. The smallest absolute Gasteiger partial charge is 0.326 e. The molecule has 0 unspecified atom stereocenters. The highest BCUT2D eigenvalue weighted by Gasteiger charge is 2.22. The van der Waals surface area contributed by atoms with Gasteiger partial charge >= 0.3 is 5.97 Å². The van der Waals surface area contributed by atoms with E-state index in [0.29, 0.717) is 22.0 Å². The Morgan fingerprint density at radius 3 is 2.56 bits per heavy atom. The quantitative estimate of drug-likeness (QED) is 0.379. The van der Waals surface area contributed by atoms with Gasteiger partial charge in [-0.3, -0.25) is 4.79 Å². The van der Waals surface area contributed by atoms with Crippen LogP contribution in [0.15, 0.2) is 70.9 Å². The molecule has 0 saturated carbocycles. The topological polar surface area (TPSA) is 157 Å². The molecular formula is C22H20N6O5S. The number of benzene rings is 2. The Morgan fingerprint density at radius 1 is 1.12 bits per heavy atom. The third kappa shape index (κ3) is 4.91. The summed E-state index contributed by atoms with van der Waals surface area (Å²) in [6, 6.07) is 10.1. The van der Waals surface area contributed by atoms with E-state index in [-0.39, 0.29) is 29.1 Å². The number of aromatic nitrogens is 5. The second kappa shape index (κ2) is 9.35. The lowest BCUT2D eigenvalue weighted by Gasteiger charge is -2.19. The molecule has 174 valence electrons. The number of carboxylic acid groups (broad SMARTS) is 1. The summed E-state index contributed by atoms with van der Waals surface area (Å²) in [5.74, 6) is -1.21. The first-order valence-electron chi connectivity index (χ1n) is 10.2. The van der Waals surface area contributed by atoms with Gasteiger partial charge in [-0.1, -0.05) is 23.4 Å². The maximum atomic E-state index is 12.6. The molecule has 4 aromatic rings. The monoisotopic (exact) mass is 480 g/mol. The molecule has 0 aliphatic heterocycles. The van der Waals surface area contributed by atoms with Gasteiger partial charge in [0, 0.05) is 30.8 Å². The van der Waals surface area contributed by atoms with E-state index in [1.807, 2.05) is 0 Å². The Hall–Kier alpha value is -4.19. The number of nitrogens with one attached hydrogen (secondary N) is 1. The van der Waals surface area contributed by atoms with Gasteiger partial charge in [0.25, 0.3) is 5.56 Å². The minimum absolute atomic E-state index is 0.0335. The molecule has 2 aromatic carbocycles. The molecule has 2 heterocycles. The van der Waals surface area contributed by atoms with E-state index in [0.717, 1.165) is 10.9 Å². The van der Waals surface area contributed by atoms with Crippen LogP contribution in [0.5, 0.6) is 0 Å². The minimum Gasteiger partial charge on any atom is -0.480 e. The molecule has 0 radical (unpaired) electrons. The van der Waals surface area contributed by atoms with Crippen molar-refractivity contribution in [1.29, 1.82) is 0 Å². The van der Waals surface area contributed by atoms with Crippen molar-refractivity contribution < 1.29 is 18.3 Å². The van der Waals surface area contributed by atoms with E-state index >= 15 is 0 Å². The van der Waals surface area contributed by atoms with Crippen LogP contribution in [-0.4, -0.2) is 56.8 Å². The van der Waals surface area contributed by atoms with Gasteiger partial charge in [0.1, 0.15) is 17.9 Å². The van der Waals surface area contributed by atoms with E-state index < -0.39 is 21.8 Å². The number of aryl methyl sites for hydroxylation is 1. The number of nitrogens with zero attached hydrogens (tertiary/aromatic N) is 5. The molecule has 0 aliphatic carbocycles. The number of fused-ring (bicyclic) bond motifs is 1. The van der Waals surface area contributed by atoms with Gasteiger partial charge in [-0.2, -0.15) is 0 Å². The number of sulfone groups is 1. The van der Waals surface area contributed by atoms with Gasteiger partial charge in [0.2, 0.25) is 0 Å². The molecule has 0 spiro atoms. The van der Waals surface area contributed by atoms with Crippen LogP contribution in [0.2, 0.25) is 0 Å². The van der Waals surface area contributed by atoms with Crippen molar-refractivity contribution in [1.82, 2.24) is 25.0 Å². The van der Waals surface area contributed by atoms with Gasteiger partial charge in [-0.05, 0) is 36.2 Å². The van der Waals surface area contributed by atoms with Crippen molar-refractivity contribution in [3.8, 4) is 11.1 Å². The van der Waals surface area contributed by atoms with Gasteiger partial charge in [-0.15, -0.1) is 5.10 Å². The van der Waals surface area contributed by atoms with E-state index in [1.165, 1.54) is 18.5 Å². The molecule has 34 heavy (non-hydrogen) atoms. The minimum atomic E-state index is -3.71. The van der Waals surface area contributed by atoms with Crippen LogP contribution < -0.4 is 10.9 Å². The Bertz CT molecular complexity index is 1520. The Balaban J connectivity index is 1.61. The van der Waals surface area contributed by atoms with Crippen LogP contribution in [-0.2, 0) is 21.2 Å². The molecular weight excluding hydrogens is 460 g/mol. The maximum Gasteiger partial charge on any atom is 0.326 e. The molecule has 0 fully saturated rings. The summed E-state index contributed by atoms with van der Waals surface area (Å²) in [7, 11) is -3.71. The summed E-state index contributed by atoms with van der Waals surface area (Å²) in [5, 5.41) is 20.7. The third-order valence-electron chi connectivity index (χ3n) is 5.16. The van der Waals surface area contributed by atoms with E-state index in [1.54, 1.807) is 42.7 Å². The number of hydrogen-bond donors (Lipinski definition) is 2. The number of rotatable bonds is 8. The number of hydrogen-bond acceptors (Lipinski definition) is 9. The lowest BCUT2D eigenvalue weighted by atomic mass is 10.1. The zero-order valence-corrected chi connectivity index (χ0v) is 18.8. The first kappa shape index (κ1) is 23.0. The Morgan fingerprint density at radius 2 is 1.85 bits per heavy atom. The van der Waals surface area contributed by atoms with Crippen molar-refractivity contribution in [2.45, 2.75) is 23.9 Å². The Labute approximate surface area is 194 Å². The zero-order chi connectivity index (χ0) is 24.3. The first-order valence-corrected chi connectivity index (χ1v) is 12.0. The number of carboxylic acids is 1. The largest absolute Gasteiger partial charge is 0.480 e. The molecule has 12 heteroatoms. The second-order valence-corrected chi connectivity index (χ2v) is 9.55. The molecule has 4 rings (SSSR count). The van der Waals surface area contributed by atoms with Crippen molar-refractivity contribution in [2.24, 2.45) is 0 Å². The van der Waals surface area contributed by atoms with Crippen molar-refractivity contribution in [2.75, 3.05) is 11.6 Å². The van der Waals surface area contributed by atoms with Crippen LogP contribution in [0.25, 0.3) is 22.0 Å². The van der Waals surface area contributed by atoms with Gasteiger partial charge in [0.15, 0.2) is 9.84 Å². The predicted octanol–water partition coefficient (Wildman–Crippen LogP) is 1.61. The Kier molecular flexibility index (Phi) is 6.32. The highest BCUT2D eigenvalue weighted by molar-refractivity contribution is 7.90. The molecule has 0 amide bonds. The SMILES string of the molecule is CS(=O)(=O)c1cc(-c2cncnc2)ccc1N[C@H](CCn1nnc2ccccc2c1=O)C(=O)O.